The van der Waals surface area contributed by atoms with E-state index in [-0.39, 0.29) is 40.2 Å². The highest BCUT2D eigenvalue weighted by Crippen LogP contribution is 2.41. The van der Waals surface area contributed by atoms with Crippen molar-refractivity contribution in [1.29, 1.82) is 0 Å². The summed E-state index contributed by atoms with van der Waals surface area (Å²) < 4.78 is 93.3. The number of fused-ring (bicyclic) bond motifs is 1. The average Bonchev–Trinajstić information content (AvgIpc) is 2.84. The van der Waals surface area contributed by atoms with E-state index >= 15 is 0 Å². The topological polar surface area (TPSA) is 209 Å². The molecular formula is C22H17ClF2N6O7S2. The van der Waals surface area contributed by atoms with Gasteiger partial charge in [-0.2, -0.15) is 35.6 Å². The standard InChI is InChI=1S/C22H17ClF2N6O7S2/c1-31(21-18(23)20(24)27-22(25)28-21)9-10-2-5-16(40(36,37)38)14(6-10)29-30-19-13(26)4-3-11-7-12(39(33,34)35)8-15(32)17(11)19/h2-8,32H,9,26H2,1H3,(H,33,34,35)(H,36,37,38). The van der Waals surface area contributed by atoms with Crippen LogP contribution in [0.1, 0.15) is 5.56 Å². The number of phenolic OH excluding ortho intramolecular Hbond substituents is 1. The number of hydrogen-bond acceptors (Lipinski definition) is 11. The first kappa shape index (κ1) is 29.0. The van der Waals surface area contributed by atoms with E-state index in [0.29, 0.717) is 5.56 Å². The number of nitrogens with zero attached hydrogens (tertiary/aromatic N) is 5. The second-order valence-electron chi connectivity index (χ2n) is 8.27. The van der Waals surface area contributed by atoms with Gasteiger partial charge in [0.1, 0.15) is 27.0 Å². The Bertz CT molecular complexity index is 1930. The molecule has 0 bridgehead atoms. The van der Waals surface area contributed by atoms with E-state index in [9.17, 15) is 39.8 Å². The largest absolute Gasteiger partial charge is 0.507 e. The van der Waals surface area contributed by atoms with Gasteiger partial charge in [0.25, 0.3) is 20.2 Å². The number of halogens is 3. The molecule has 1 aromatic heterocycles. The summed E-state index contributed by atoms with van der Waals surface area (Å²) in [7, 11) is -8.09. The Morgan fingerprint density at radius 1 is 1.00 bits per heavy atom. The van der Waals surface area contributed by atoms with Crippen molar-refractivity contribution in [1.82, 2.24) is 9.97 Å². The van der Waals surface area contributed by atoms with Gasteiger partial charge in [-0.05, 0) is 35.2 Å². The van der Waals surface area contributed by atoms with Gasteiger partial charge in [0.15, 0.2) is 5.82 Å². The summed E-state index contributed by atoms with van der Waals surface area (Å²) in [4.78, 5) is 6.34. The summed E-state index contributed by atoms with van der Waals surface area (Å²) in [6.45, 7) is -0.126. The third-order valence-corrected chi connectivity index (χ3v) is 7.54. The van der Waals surface area contributed by atoms with E-state index in [0.717, 1.165) is 18.2 Å². The molecule has 13 nitrogen and oxygen atoms in total. The Balaban J connectivity index is 1.80. The fourth-order valence-corrected chi connectivity index (χ4v) is 5.09. The summed E-state index contributed by atoms with van der Waals surface area (Å²) in [5.74, 6) is -2.21. The fourth-order valence-electron chi connectivity index (χ4n) is 3.72. The van der Waals surface area contributed by atoms with Crippen molar-refractivity contribution < 1.29 is 39.8 Å². The zero-order valence-electron chi connectivity index (χ0n) is 20.0. The number of rotatable bonds is 7. The molecule has 0 unspecified atom stereocenters. The fraction of sp³-hybridized carbons (Fsp3) is 0.0909. The summed E-state index contributed by atoms with van der Waals surface area (Å²) in [5.41, 5.74) is 5.68. The lowest BCUT2D eigenvalue weighted by atomic mass is 10.1. The van der Waals surface area contributed by atoms with Crippen LogP contribution in [0.15, 0.2) is 62.5 Å². The van der Waals surface area contributed by atoms with E-state index in [2.05, 4.69) is 20.2 Å². The lowest BCUT2D eigenvalue weighted by Crippen LogP contribution is -2.19. The molecule has 0 saturated carbocycles. The van der Waals surface area contributed by atoms with E-state index in [1.165, 1.54) is 36.2 Å². The van der Waals surface area contributed by atoms with Gasteiger partial charge in [0, 0.05) is 19.7 Å². The van der Waals surface area contributed by atoms with E-state index in [1.54, 1.807) is 0 Å². The zero-order valence-corrected chi connectivity index (χ0v) is 22.4. The summed E-state index contributed by atoms with van der Waals surface area (Å²) >= 11 is 5.84. The van der Waals surface area contributed by atoms with Crippen molar-refractivity contribution in [3.63, 3.8) is 0 Å². The molecule has 210 valence electrons. The number of anilines is 2. The van der Waals surface area contributed by atoms with Gasteiger partial charge in [-0.15, -0.1) is 10.2 Å². The van der Waals surface area contributed by atoms with Crippen molar-refractivity contribution in [3.05, 3.63) is 65.1 Å². The van der Waals surface area contributed by atoms with Crippen LogP contribution in [0.25, 0.3) is 10.8 Å². The number of nitrogens with two attached hydrogens (primary N) is 1. The number of aromatic hydroxyl groups is 1. The molecule has 0 amide bonds. The minimum absolute atomic E-state index is 0.0436. The lowest BCUT2D eigenvalue weighted by molar-refractivity contribution is 0.471. The Morgan fingerprint density at radius 3 is 2.35 bits per heavy atom. The molecule has 18 heteroatoms. The maximum atomic E-state index is 13.8. The molecule has 4 rings (SSSR count). The molecule has 0 atom stereocenters. The van der Waals surface area contributed by atoms with Crippen molar-refractivity contribution in [2.24, 2.45) is 10.2 Å². The molecule has 40 heavy (non-hydrogen) atoms. The summed E-state index contributed by atoms with van der Waals surface area (Å²) in [6.07, 6.45) is -1.36. The number of aromatic nitrogens is 2. The molecular weight excluding hydrogens is 598 g/mol. The minimum Gasteiger partial charge on any atom is -0.507 e. The monoisotopic (exact) mass is 614 g/mol. The van der Waals surface area contributed by atoms with Gasteiger partial charge in [-0.25, -0.2) is 0 Å². The predicted molar refractivity (Wildman–Crippen MR) is 139 cm³/mol. The van der Waals surface area contributed by atoms with Gasteiger partial charge in [-0.3, -0.25) is 9.11 Å². The molecule has 0 spiro atoms. The average molecular weight is 615 g/mol. The second-order valence-corrected chi connectivity index (χ2v) is 11.5. The molecule has 0 aliphatic rings. The number of nitrogen functional groups attached to an aromatic ring is 1. The van der Waals surface area contributed by atoms with Gasteiger partial charge in [0.05, 0.1) is 16.0 Å². The van der Waals surface area contributed by atoms with E-state index < -0.39 is 52.8 Å². The summed E-state index contributed by atoms with van der Waals surface area (Å²) in [5, 5.41) is 17.8. The first-order chi connectivity index (χ1) is 18.6. The van der Waals surface area contributed by atoms with Crippen molar-refractivity contribution in [2.75, 3.05) is 17.7 Å². The van der Waals surface area contributed by atoms with Crippen molar-refractivity contribution in [3.8, 4) is 5.75 Å². The Hall–Kier alpha value is -4.03. The number of hydrogen-bond donors (Lipinski definition) is 4. The van der Waals surface area contributed by atoms with Crippen LogP contribution in [0.4, 0.5) is 31.7 Å². The molecule has 0 saturated heterocycles. The molecule has 4 aromatic rings. The van der Waals surface area contributed by atoms with Gasteiger partial charge in [0.2, 0.25) is 5.95 Å². The molecule has 5 N–H and O–H groups in total. The van der Waals surface area contributed by atoms with Gasteiger partial charge >= 0.3 is 6.08 Å². The molecule has 0 fully saturated rings. The smallest absolute Gasteiger partial charge is 0.313 e. The molecule has 0 aliphatic carbocycles. The first-order valence-electron chi connectivity index (χ1n) is 10.7. The maximum absolute atomic E-state index is 13.8. The zero-order chi connectivity index (χ0) is 29.6. The highest BCUT2D eigenvalue weighted by atomic mass is 35.5. The first-order valence-corrected chi connectivity index (χ1v) is 14.0. The van der Waals surface area contributed by atoms with Crippen LogP contribution in [0.5, 0.6) is 5.75 Å². The lowest BCUT2D eigenvalue weighted by Gasteiger charge is -2.19. The maximum Gasteiger partial charge on any atom is 0.313 e. The summed E-state index contributed by atoms with van der Waals surface area (Å²) in [6, 6.07) is 7.97. The third-order valence-electron chi connectivity index (χ3n) is 5.48. The normalized spacial score (nSPS) is 12.3. The van der Waals surface area contributed by atoms with E-state index in [1.807, 2.05) is 0 Å². The van der Waals surface area contributed by atoms with Crippen LogP contribution in [0, 0.1) is 12.0 Å². The van der Waals surface area contributed by atoms with Crippen LogP contribution in [0.2, 0.25) is 5.02 Å². The molecule has 1 heterocycles. The van der Waals surface area contributed by atoms with Gasteiger partial charge < -0.3 is 15.7 Å². The molecule has 0 radical (unpaired) electrons. The van der Waals surface area contributed by atoms with E-state index in [4.69, 9.17) is 17.3 Å². The van der Waals surface area contributed by atoms with Crippen LogP contribution in [-0.4, -0.2) is 48.1 Å². The van der Waals surface area contributed by atoms with Crippen LogP contribution >= 0.6 is 11.6 Å². The highest BCUT2D eigenvalue weighted by Gasteiger charge is 2.21. The quantitative estimate of drug-likeness (QED) is 0.0753. The highest BCUT2D eigenvalue weighted by molar-refractivity contribution is 7.86. The van der Waals surface area contributed by atoms with Crippen LogP contribution in [-0.2, 0) is 26.8 Å². The molecule has 0 aliphatic heterocycles. The van der Waals surface area contributed by atoms with Crippen molar-refractivity contribution in [2.45, 2.75) is 16.3 Å². The van der Waals surface area contributed by atoms with Crippen LogP contribution < -0.4 is 10.6 Å². The minimum atomic E-state index is -4.82. The third kappa shape index (κ3) is 5.92. The Kier molecular flexibility index (Phi) is 7.61. The number of azo groups is 1. The Labute approximate surface area is 230 Å². The Morgan fingerprint density at radius 2 is 1.70 bits per heavy atom. The predicted octanol–water partition coefficient (Wildman–Crippen LogP) is 4.39. The van der Waals surface area contributed by atoms with Gasteiger partial charge in [-0.1, -0.05) is 23.7 Å². The SMILES string of the molecule is CN(Cc1ccc(S(=O)(=O)O)c(N=Nc2c(N)ccc3cc(S(=O)(=O)O)cc(O)c23)c1)c1nc(F)nc(F)c1Cl. The van der Waals surface area contributed by atoms with Crippen LogP contribution in [0.3, 0.4) is 0 Å². The second kappa shape index (κ2) is 10.5. The number of phenols is 1. The molecule has 3 aromatic carbocycles. The number of benzene rings is 3. The van der Waals surface area contributed by atoms with Crippen molar-refractivity contribution >= 4 is 65.5 Å².